The largest absolute Gasteiger partial charge is 0.493 e. The summed E-state index contributed by atoms with van der Waals surface area (Å²) in [5.74, 6) is -1.80. The number of aliphatic imine (C=N–C) groups is 1. The molecule has 0 aliphatic carbocycles. The highest BCUT2D eigenvalue weighted by molar-refractivity contribution is 6.32. The third-order valence-corrected chi connectivity index (χ3v) is 5.59. The van der Waals surface area contributed by atoms with Gasteiger partial charge < -0.3 is 20.5 Å². The molecule has 8 nitrogen and oxygen atoms in total. The van der Waals surface area contributed by atoms with Gasteiger partial charge in [0.25, 0.3) is 0 Å². The summed E-state index contributed by atoms with van der Waals surface area (Å²) in [5.41, 5.74) is 0.540. The number of aromatic nitrogens is 2. The van der Waals surface area contributed by atoms with Gasteiger partial charge in [-0.2, -0.15) is 0 Å². The van der Waals surface area contributed by atoms with Crippen molar-refractivity contribution < 1.29 is 19.4 Å². The lowest BCUT2D eigenvalue weighted by molar-refractivity contribution is -0.123. The molecular weight excluding hydrogens is 474 g/mol. The monoisotopic (exact) mass is 490 g/mol. The highest BCUT2D eigenvalue weighted by Crippen LogP contribution is 2.38. The maximum atomic E-state index is 14.2. The predicted molar refractivity (Wildman–Crippen MR) is 124 cm³/mol. The number of allylic oxidation sites excluding steroid dienone is 1. The summed E-state index contributed by atoms with van der Waals surface area (Å²) < 4.78 is 15.1. The van der Waals surface area contributed by atoms with Gasteiger partial charge in [-0.25, -0.2) is 13.8 Å². The van der Waals surface area contributed by atoms with E-state index >= 15 is 0 Å². The van der Waals surface area contributed by atoms with Crippen molar-refractivity contribution in [3.8, 4) is 5.88 Å². The molecule has 0 saturated carbocycles. The number of H-pyrrole nitrogens is 1. The Labute approximate surface area is 196 Å². The second kappa shape index (κ2) is 9.22. The molecule has 1 aliphatic heterocycles. The summed E-state index contributed by atoms with van der Waals surface area (Å²) in [4.78, 5) is 32.2. The Bertz CT molecular complexity index is 1350. The van der Waals surface area contributed by atoms with Crippen LogP contribution < -0.4 is 11.0 Å². The number of nitrogens with zero attached hydrogens (tertiary/aromatic N) is 2. The van der Waals surface area contributed by atoms with Crippen LogP contribution >= 0.6 is 23.2 Å². The number of hydrogen-bond acceptors (Lipinski definition) is 5. The molecule has 4 rings (SSSR count). The van der Waals surface area contributed by atoms with Crippen LogP contribution in [0.2, 0.25) is 10.0 Å². The second-order valence-electron chi connectivity index (χ2n) is 7.12. The standard InChI is InChI=1S/C22H17Cl2FN4O4/c23-13-3-1-11(2-4-13)19(20(31)26-7-8-30)29-21(32)16(28-22(29)33)9-12-10-27-18-14(12)5-6-15(24)17(18)25/h1-6,9-10,19,30,32H,7-8H2,(H,26,31)(H,28,33). The molecule has 2 heterocycles. The van der Waals surface area contributed by atoms with Gasteiger partial charge in [0.1, 0.15) is 17.4 Å². The van der Waals surface area contributed by atoms with Gasteiger partial charge in [0.05, 0.1) is 11.6 Å². The molecule has 2 aromatic carbocycles. The molecule has 170 valence electrons. The number of amides is 1. The predicted octanol–water partition coefficient (Wildman–Crippen LogP) is 3.28. The van der Waals surface area contributed by atoms with Gasteiger partial charge in [-0.05, 0) is 29.8 Å². The van der Waals surface area contributed by atoms with Gasteiger partial charge in [-0.15, -0.1) is 0 Å². The highest BCUT2D eigenvalue weighted by Gasteiger charge is 2.29. The van der Waals surface area contributed by atoms with Crippen LogP contribution in [0.15, 0.2) is 46.2 Å². The van der Waals surface area contributed by atoms with E-state index in [1.54, 1.807) is 30.3 Å². The minimum absolute atomic E-state index is 0.00131. The van der Waals surface area contributed by atoms with E-state index in [9.17, 15) is 19.1 Å². The molecule has 0 bridgehead atoms. The van der Waals surface area contributed by atoms with Crippen LogP contribution in [0.4, 0.5) is 10.1 Å². The number of aromatic amines is 1. The van der Waals surface area contributed by atoms with Gasteiger partial charge in [0.2, 0.25) is 11.8 Å². The number of nitrogens with one attached hydrogen (secondary N) is 2. The number of aromatic hydroxyl groups is 1. The molecule has 1 atom stereocenters. The number of carbonyl (C=O) groups excluding carboxylic acids is 1. The van der Waals surface area contributed by atoms with Crippen molar-refractivity contribution in [1.29, 1.82) is 0 Å². The summed E-state index contributed by atoms with van der Waals surface area (Å²) >= 11 is 11.7. The van der Waals surface area contributed by atoms with Crippen molar-refractivity contribution in [2.24, 2.45) is 4.99 Å². The van der Waals surface area contributed by atoms with Crippen LogP contribution in [0.25, 0.3) is 11.6 Å². The number of aliphatic hydroxyl groups is 1. The Morgan fingerprint density at radius 1 is 1.24 bits per heavy atom. The zero-order valence-electron chi connectivity index (χ0n) is 16.8. The number of imidazole rings is 1. The lowest BCUT2D eigenvalue weighted by atomic mass is 10.1. The summed E-state index contributed by atoms with van der Waals surface area (Å²) in [6.07, 6.45) is 2.80. The Morgan fingerprint density at radius 2 is 1.97 bits per heavy atom. The SMILES string of the molecule is O=C(NCCO)C(c1ccc(Cl)cc1)n1c(O)c(C=C2C=Nc3c2ccc(Cl)c3F)[nH]c1=O. The maximum absolute atomic E-state index is 14.2. The molecule has 1 unspecified atom stereocenters. The Balaban J connectivity index is 1.79. The number of fused-ring (bicyclic) bond motifs is 1. The van der Waals surface area contributed by atoms with E-state index in [-0.39, 0.29) is 29.6 Å². The molecule has 4 N–H and O–H groups in total. The first-order chi connectivity index (χ1) is 15.8. The van der Waals surface area contributed by atoms with E-state index in [1.807, 2.05) is 0 Å². The fourth-order valence-corrected chi connectivity index (χ4v) is 3.79. The number of carbonyl (C=O) groups is 1. The van der Waals surface area contributed by atoms with Crippen molar-refractivity contribution in [3.63, 3.8) is 0 Å². The van der Waals surface area contributed by atoms with Crippen LogP contribution in [0.5, 0.6) is 5.88 Å². The van der Waals surface area contributed by atoms with Crippen molar-refractivity contribution in [2.45, 2.75) is 6.04 Å². The fourth-order valence-electron chi connectivity index (χ4n) is 3.51. The molecule has 0 fully saturated rings. The first-order valence-electron chi connectivity index (χ1n) is 9.73. The van der Waals surface area contributed by atoms with E-state index in [2.05, 4.69) is 15.3 Å². The first kappa shape index (κ1) is 22.8. The number of halogens is 3. The zero-order valence-corrected chi connectivity index (χ0v) is 18.4. The van der Waals surface area contributed by atoms with Gasteiger partial charge in [0.15, 0.2) is 5.82 Å². The number of rotatable bonds is 6. The topological polar surface area (TPSA) is 120 Å². The quantitative estimate of drug-likeness (QED) is 0.423. The highest BCUT2D eigenvalue weighted by atomic mass is 35.5. The number of hydrogen-bond donors (Lipinski definition) is 4. The Hall–Kier alpha value is -3.40. The van der Waals surface area contributed by atoms with Crippen molar-refractivity contribution in [1.82, 2.24) is 14.9 Å². The molecule has 3 aromatic rings. The minimum atomic E-state index is -1.24. The van der Waals surface area contributed by atoms with Gasteiger partial charge in [-0.1, -0.05) is 41.4 Å². The second-order valence-corrected chi connectivity index (χ2v) is 7.97. The fraction of sp³-hybridized carbons (Fsp3) is 0.136. The molecular formula is C22H17Cl2FN4O4. The smallest absolute Gasteiger partial charge is 0.329 e. The molecule has 1 aliphatic rings. The summed E-state index contributed by atoms with van der Waals surface area (Å²) in [5, 5.41) is 22.8. The lowest BCUT2D eigenvalue weighted by Crippen LogP contribution is -2.38. The van der Waals surface area contributed by atoms with E-state index in [0.29, 0.717) is 21.7 Å². The normalized spacial score (nSPS) is 14.5. The average molecular weight is 491 g/mol. The van der Waals surface area contributed by atoms with Gasteiger partial charge in [0, 0.05) is 28.9 Å². The third kappa shape index (κ3) is 4.30. The van der Waals surface area contributed by atoms with E-state index < -0.39 is 29.3 Å². The van der Waals surface area contributed by atoms with Crippen molar-refractivity contribution in [3.05, 3.63) is 79.6 Å². The molecule has 33 heavy (non-hydrogen) atoms. The molecule has 0 saturated heterocycles. The van der Waals surface area contributed by atoms with Crippen LogP contribution in [0.1, 0.15) is 22.9 Å². The van der Waals surface area contributed by atoms with E-state index in [1.165, 1.54) is 18.4 Å². The minimum Gasteiger partial charge on any atom is -0.493 e. The van der Waals surface area contributed by atoms with Crippen LogP contribution in [-0.2, 0) is 4.79 Å². The maximum Gasteiger partial charge on any atom is 0.329 e. The van der Waals surface area contributed by atoms with Crippen molar-refractivity contribution in [2.75, 3.05) is 13.2 Å². The lowest BCUT2D eigenvalue weighted by Gasteiger charge is -2.18. The molecule has 1 aromatic heterocycles. The third-order valence-electron chi connectivity index (χ3n) is 5.05. The molecule has 11 heteroatoms. The summed E-state index contributed by atoms with van der Waals surface area (Å²) in [6.45, 7) is -0.342. The first-order valence-corrected chi connectivity index (χ1v) is 10.5. The molecule has 1 amide bonds. The van der Waals surface area contributed by atoms with Crippen molar-refractivity contribution >= 4 is 52.7 Å². The summed E-state index contributed by atoms with van der Waals surface area (Å²) in [6, 6.07) is 7.91. The van der Waals surface area contributed by atoms with Gasteiger partial charge >= 0.3 is 5.69 Å². The van der Waals surface area contributed by atoms with E-state index in [0.717, 1.165) is 4.57 Å². The van der Waals surface area contributed by atoms with E-state index in [4.69, 9.17) is 28.3 Å². The number of benzene rings is 2. The molecule has 0 spiro atoms. The van der Waals surface area contributed by atoms with Crippen LogP contribution in [0, 0.1) is 5.82 Å². The van der Waals surface area contributed by atoms with Crippen LogP contribution in [0.3, 0.4) is 0 Å². The zero-order chi connectivity index (χ0) is 23.7. The average Bonchev–Trinajstić information content (AvgIpc) is 3.32. The Kier molecular flexibility index (Phi) is 6.37. The van der Waals surface area contributed by atoms with Crippen LogP contribution in [-0.4, -0.2) is 45.0 Å². The number of aliphatic hydroxyl groups excluding tert-OH is 1. The Morgan fingerprint density at radius 3 is 2.67 bits per heavy atom. The van der Waals surface area contributed by atoms with Gasteiger partial charge in [-0.3, -0.25) is 9.79 Å². The molecule has 0 radical (unpaired) electrons. The summed E-state index contributed by atoms with van der Waals surface area (Å²) in [7, 11) is 0.